The molecule has 3 N–H and O–H groups in total. The van der Waals surface area contributed by atoms with Crippen molar-refractivity contribution in [3.8, 4) is 0 Å². The second-order valence-electron chi connectivity index (χ2n) is 6.34. The maximum absolute atomic E-state index is 7.33. The number of pyridine rings is 2. The van der Waals surface area contributed by atoms with Gasteiger partial charge in [-0.1, -0.05) is 30.0 Å². The molecule has 0 bridgehead atoms. The molecule has 1 aliphatic heterocycles. The molecule has 1 saturated heterocycles. The van der Waals surface area contributed by atoms with E-state index in [-0.39, 0.29) is 0 Å². The summed E-state index contributed by atoms with van der Waals surface area (Å²) in [6, 6.07) is 14.4. The van der Waals surface area contributed by atoms with Crippen LogP contribution in [0.25, 0.3) is 16.6 Å². The summed E-state index contributed by atoms with van der Waals surface area (Å²) in [5.74, 6) is 0.895. The minimum absolute atomic E-state index is 0.433. The fourth-order valence-electron chi connectivity index (χ4n) is 3.14. The summed E-state index contributed by atoms with van der Waals surface area (Å²) in [5.41, 5.74) is 7.96. The number of nitrogens with zero attached hydrogens (tertiary/aromatic N) is 3. The summed E-state index contributed by atoms with van der Waals surface area (Å²) in [7, 11) is 0. The summed E-state index contributed by atoms with van der Waals surface area (Å²) in [6.45, 7) is 2.98. The Labute approximate surface area is 167 Å². The number of hydrogen-bond acceptors (Lipinski definition) is 7. The molecule has 0 unspecified atom stereocenters. The lowest BCUT2D eigenvalue weighted by Crippen LogP contribution is -2.36. The van der Waals surface area contributed by atoms with Crippen LogP contribution in [0.15, 0.2) is 64.5 Å². The molecule has 1 aromatic carbocycles. The van der Waals surface area contributed by atoms with Gasteiger partial charge in [-0.25, -0.2) is 4.98 Å². The maximum Gasteiger partial charge on any atom is 0.130 e. The third-order valence-corrected chi connectivity index (χ3v) is 5.58. The Kier molecular flexibility index (Phi) is 5.55. The van der Waals surface area contributed by atoms with Gasteiger partial charge in [0.05, 0.1) is 18.9 Å². The van der Waals surface area contributed by atoms with Gasteiger partial charge in [0.1, 0.15) is 17.0 Å². The second-order valence-corrected chi connectivity index (χ2v) is 7.45. The number of aromatic nitrogens is 2. The third-order valence-electron chi connectivity index (χ3n) is 4.52. The summed E-state index contributed by atoms with van der Waals surface area (Å²) in [5, 5.41) is 8.33. The zero-order valence-corrected chi connectivity index (χ0v) is 16.2. The van der Waals surface area contributed by atoms with Gasteiger partial charge in [-0.05, 0) is 30.3 Å². The molecular weight excluding hydrogens is 370 g/mol. The predicted octanol–water partition coefficient (Wildman–Crippen LogP) is 3.57. The smallest absolute Gasteiger partial charge is 0.130 e. The van der Waals surface area contributed by atoms with Crippen LogP contribution in [0.2, 0.25) is 0 Å². The van der Waals surface area contributed by atoms with Crippen LogP contribution in [0.3, 0.4) is 0 Å². The highest BCUT2D eigenvalue weighted by Gasteiger charge is 2.18. The molecule has 1 aliphatic rings. The van der Waals surface area contributed by atoms with Crippen LogP contribution >= 0.6 is 11.8 Å². The number of ether oxygens (including phenoxy) is 1. The zero-order chi connectivity index (χ0) is 19.3. The molecule has 0 atom stereocenters. The molecule has 0 amide bonds. The van der Waals surface area contributed by atoms with E-state index in [2.05, 4.69) is 28.1 Å². The van der Waals surface area contributed by atoms with Gasteiger partial charge in [0, 0.05) is 40.7 Å². The SMILES string of the molecule is N=C/C=C(\N)c1nccc2c(Sc3ccccc3)cc(N3CCOCC3)nc12. The highest BCUT2D eigenvalue weighted by atomic mass is 32.2. The van der Waals surface area contributed by atoms with Gasteiger partial charge in [-0.2, -0.15) is 0 Å². The summed E-state index contributed by atoms with van der Waals surface area (Å²) in [4.78, 5) is 13.8. The fourth-order valence-corrected chi connectivity index (χ4v) is 4.13. The van der Waals surface area contributed by atoms with Gasteiger partial charge in [0.2, 0.25) is 0 Å². The van der Waals surface area contributed by atoms with Crippen LogP contribution in [-0.2, 0) is 4.74 Å². The van der Waals surface area contributed by atoms with E-state index in [1.807, 2.05) is 24.3 Å². The molecule has 7 heteroatoms. The minimum Gasteiger partial charge on any atom is -0.397 e. The lowest BCUT2D eigenvalue weighted by molar-refractivity contribution is 0.122. The Morgan fingerprint density at radius 1 is 1.18 bits per heavy atom. The summed E-state index contributed by atoms with van der Waals surface area (Å²) in [6.07, 6.45) is 4.45. The van der Waals surface area contributed by atoms with E-state index in [1.54, 1.807) is 18.0 Å². The molecule has 6 nitrogen and oxygen atoms in total. The van der Waals surface area contributed by atoms with E-state index in [0.717, 1.165) is 39.6 Å². The first-order valence-electron chi connectivity index (χ1n) is 9.08. The van der Waals surface area contributed by atoms with E-state index in [4.69, 9.17) is 20.9 Å². The number of nitrogens with one attached hydrogen (secondary N) is 1. The first-order valence-corrected chi connectivity index (χ1v) is 9.90. The fraction of sp³-hybridized carbons (Fsp3) is 0.190. The number of benzene rings is 1. The zero-order valence-electron chi connectivity index (χ0n) is 15.3. The molecule has 1 fully saturated rings. The van der Waals surface area contributed by atoms with Crippen LogP contribution in [0.5, 0.6) is 0 Å². The Hall–Kier alpha value is -2.90. The Bertz CT molecular complexity index is 1020. The van der Waals surface area contributed by atoms with Gasteiger partial charge in [-0.15, -0.1) is 0 Å². The molecule has 4 rings (SSSR count). The lowest BCUT2D eigenvalue weighted by atomic mass is 10.1. The molecule has 28 heavy (non-hydrogen) atoms. The minimum atomic E-state index is 0.433. The maximum atomic E-state index is 7.33. The molecule has 0 radical (unpaired) electrons. The summed E-state index contributed by atoms with van der Waals surface area (Å²) >= 11 is 1.70. The van der Waals surface area contributed by atoms with Gasteiger partial charge >= 0.3 is 0 Å². The van der Waals surface area contributed by atoms with Crippen molar-refractivity contribution < 1.29 is 4.74 Å². The number of hydrogen-bond donors (Lipinski definition) is 2. The molecule has 2 aromatic heterocycles. The number of morpholine rings is 1. The molecule has 142 valence electrons. The number of nitrogens with two attached hydrogens (primary N) is 1. The Morgan fingerprint density at radius 2 is 1.96 bits per heavy atom. The van der Waals surface area contributed by atoms with E-state index >= 15 is 0 Å². The third kappa shape index (κ3) is 3.85. The monoisotopic (exact) mass is 391 g/mol. The molecule has 3 heterocycles. The first-order chi connectivity index (χ1) is 13.8. The van der Waals surface area contributed by atoms with Crippen LogP contribution in [-0.4, -0.2) is 42.5 Å². The van der Waals surface area contributed by atoms with Crippen LogP contribution in [0.1, 0.15) is 5.69 Å². The first kappa shape index (κ1) is 18.5. The van der Waals surface area contributed by atoms with Gasteiger partial charge in [0.15, 0.2) is 0 Å². The Morgan fingerprint density at radius 3 is 2.71 bits per heavy atom. The van der Waals surface area contributed by atoms with E-state index in [1.165, 1.54) is 12.3 Å². The van der Waals surface area contributed by atoms with Crippen molar-refractivity contribution in [2.24, 2.45) is 5.73 Å². The lowest BCUT2D eigenvalue weighted by Gasteiger charge is -2.28. The molecule has 3 aromatic rings. The average Bonchev–Trinajstić information content (AvgIpc) is 2.75. The normalized spacial score (nSPS) is 15.0. The topological polar surface area (TPSA) is 88.1 Å². The standard InChI is InChI=1S/C21H21N5OS/c22-8-6-17(23)21-20-16(7-9-24-21)18(28-15-4-2-1-3-5-15)14-19(25-20)26-10-12-27-13-11-26/h1-9,14,22H,10-13,23H2/b17-6-,22-8?. The van der Waals surface area contributed by atoms with Crippen molar-refractivity contribution in [2.45, 2.75) is 9.79 Å². The van der Waals surface area contributed by atoms with Crippen molar-refractivity contribution in [1.82, 2.24) is 9.97 Å². The van der Waals surface area contributed by atoms with Gasteiger partial charge in [-0.3, -0.25) is 4.98 Å². The van der Waals surface area contributed by atoms with Crippen molar-refractivity contribution in [1.29, 1.82) is 5.41 Å². The van der Waals surface area contributed by atoms with E-state index in [9.17, 15) is 0 Å². The predicted molar refractivity (Wildman–Crippen MR) is 114 cm³/mol. The Balaban J connectivity index is 1.88. The quantitative estimate of drug-likeness (QED) is 0.647. The number of anilines is 1. The van der Waals surface area contributed by atoms with Crippen molar-refractivity contribution in [3.05, 3.63) is 60.4 Å². The molecule has 0 aliphatic carbocycles. The van der Waals surface area contributed by atoms with Crippen molar-refractivity contribution >= 4 is 40.4 Å². The van der Waals surface area contributed by atoms with E-state index in [0.29, 0.717) is 24.6 Å². The molecule has 0 saturated carbocycles. The average molecular weight is 392 g/mol. The number of rotatable bonds is 5. The molecular formula is C21H21N5OS. The number of allylic oxidation sites excluding steroid dienone is 1. The molecule has 0 spiro atoms. The highest BCUT2D eigenvalue weighted by molar-refractivity contribution is 7.99. The van der Waals surface area contributed by atoms with Crippen LogP contribution in [0.4, 0.5) is 5.82 Å². The largest absolute Gasteiger partial charge is 0.397 e. The summed E-state index contributed by atoms with van der Waals surface area (Å²) < 4.78 is 5.49. The van der Waals surface area contributed by atoms with Crippen LogP contribution in [0, 0.1) is 5.41 Å². The van der Waals surface area contributed by atoms with Crippen molar-refractivity contribution in [3.63, 3.8) is 0 Å². The van der Waals surface area contributed by atoms with Gasteiger partial charge < -0.3 is 20.8 Å². The van der Waals surface area contributed by atoms with Gasteiger partial charge in [0.25, 0.3) is 0 Å². The van der Waals surface area contributed by atoms with Crippen molar-refractivity contribution in [2.75, 3.05) is 31.2 Å². The number of fused-ring (bicyclic) bond motifs is 1. The van der Waals surface area contributed by atoms with E-state index < -0.39 is 0 Å². The van der Waals surface area contributed by atoms with Crippen LogP contribution < -0.4 is 10.6 Å². The highest BCUT2D eigenvalue weighted by Crippen LogP contribution is 2.36. The second kappa shape index (κ2) is 8.41.